The van der Waals surface area contributed by atoms with Crippen molar-refractivity contribution in [2.24, 2.45) is 0 Å². The van der Waals surface area contributed by atoms with Gasteiger partial charge in [0.15, 0.2) is 0 Å². The van der Waals surface area contributed by atoms with Gasteiger partial charge in [-0.25, -0.2) is 0 Å². The van der Waals surface area contributed by atoms with Gasteiger partial charge in [0.2, 0.25) is 5.91 Å². The van der Waals surface area contributed by atoms with Gasteiger partial charge in [0, 0.05) is 25.3 Å². The summed E-state index contributed by atoms with van der Waals surface area (Å²) in [4.78, 5) is 22.7. The fourth-order valence-electron chi connectivity index (χ4n) is 2.47. The number of rotatable bonds is 4. The van der Waals surface area contributed by atoms with Crippen LogP contribution in [0.2, 0.25) is 0 Å². The van der Waals surface area contributed by atoms with Gasteiger partial charge in [0.1, 0.15) is 0 Å². The quantitative estimate of drug-likeness (QED) is 0.648. The van der Waals surface area contributed by atoms with Crippen LogP contribution in [0.1, 0.15) is 17.5 Å². The Kier molecular flexibility index (Phi) is 4.54. The maximum Gasteiger partial charge on any atom is 0.274 e. The molecule has 0 saturated carbocycles. The number of hydrogen-bond acceptors (Lipinski definition) is 5. The molecule has 0 aromatic heterocycles. The number of aryl methyl sites for hydroxylation is 2. The highest BCUT2D eigenvalue weighted by molar-refractivity contribution is 5.96. The molecule has 7 heteroatoms. The summed E-state index contributed by atoms with van der Waals surface area (Å²) in [7, 11) is 1.61. The van der Waals surface area contributed by atoms with E-state index in [1.807, 2.05) is 6.92 Å². The largest absolute Gasteiger partial charge is 0.380 e. The molecule has 0 bridgehead atoms. The smallest absolute Gasteiger partial charge is 0.274 e. The summed E-state index contributed by atoms with van der Waals surface area (Å²) in [6, 6.07) is 2.77. The van der Waals surface area contributed by atoms with Crippen molar-refractivity contribution < 1.29 is 14.5 Å². The van der Waals surface area contributed by atoms with Crippen molar-refractivity contribution in [2.45, 2.75) is 32.4 Å². The van der Waals surface area contributed by atoms with E-state index in [9.17, 15) is 14.9 Å². The number of nitro benzene ring substituents is 1. The Morgan fingerprint density at radius 3 is 2.71 bits per heavy atom. The lowest BCUT2D eigenvalue weighted by atomic mass is 10.1. The Bertz CT molecular complexity index is 574. The predicted octanol–water partition coefficient (Wildman–Crippen LogP) is 1.53. The molecule has 0 aliphatic carbocycles. The van der Waals surface area contributed by atoms with E-state index in [-0.39, 0.29) is 23.7 Å². The number of hydrogen-bond donors (Lipinski definition) is 2. The zero-order valence-electron chi connectivity index (χ0n) is 12.3. The number of amides is 1. The Labute approximate surface area is 122 Å². The van der Waals surface area contributed by atoms with E-state index in [1.54, 1.807) is 20.1 Å². The zero-order valence-corrected chi connectivity index (χ0v) is 12.3. The highest BCUT2D eigenvalue weighted by atomic mass is 16.6. The first-order valence-electron chi connectivity index (χ1n) is 6.75. The van der Waals surface area contributed by atoms with E-state index in [0.29, 0.717) is 24.2 Å². The van der Waals surface area contributed by atoms with Gasteiger partial charge in [-0.3, -0.25) is 14.9 Å². The van der Waals surface area contributed by atoms with Gasteiger partial charge in [0.05, 0.1) is 22.8 Å². The standard InChI is InChI=1S/C14H19N3O4/c1-8-4-9(2)13(17(19)20)6-11(8)16-14(18)12-5-10(21-3)7-15-12/h4,6,10,12,15H,5,7H2,1-3H3,(H,16,18). The zero-order chi connectivity index (χ0) is 15.6. The topological polar surface area (TPSA) is 93.5 Å². The third kappa shape index (κ3) is 3.37. The van der Waals surface area contributed by atoms with Crippen molar-refractivity contribution in [3.63, 3.8) is 0 Å². The molecule has 2 rings (SSSR count). The molecule has 1 aromatic rings. The first-order valence-corrected chi connectivity index (χ1v) is 6.75. The average Bonchev–Trinajstić information content (AvgIpc) is 2.90. The number of nitrogens with one attached hydrogen (secondary N) is 2. The normalized spacial score (nSPS) is 21.3. The molecule has 1 fully saturated rings. The van der Waals surface area contributed by atoms with Crippen LogP contribution in [0.4, 0.5) is 11.4 Å². The van der Waals surface area contributed by atoms with Crippen LogP contribution in [0, 0.1) is 24.0 Å². The number of carbonyl (C=O) groups is 1. The molecule has 1 aliphatic rings. The van der Waals surface area contributed by atoms with Crippen LogP contribution in [0.15, 0.2) is 12.1 Å². The summed E-state index contributed by atoms with van der Waals surface area (Å²) in [6.07, 6.45) is 0.615. The van der Waals surface area contributed by atoms with Crippen molar-refractivity contribution in [1.82, 2.24) is 5.32 Å². The SMILES string of the molecule is COC1CNC(C(=O)Nc2cc([N+](=O)[O-])c(C)cc2C)C1. The fraction of sp³-hybridized carbons (Fsp3) is 0.500. The van der Waals surface area contributed by atoms with Gasteiger partial charge in [-0.15, -0.1) is 0 Å². The van der Waals surface area contributed by atoms with Crippen molar-refractivity contribution in [1.29, 1.82) is 0 Å². The van der Waals surface area contributed by atoms with E-state index in [4.69, 9.17) is 4.74 Å². The lowest BCUT2D eigenvalue weighted by Gasteiger charge is -2.13. The van der Waals surface area contributed by atoms with Crippen molar-refractivity contribution in [2.75, 3.05) is 19.0 Å². The predicted molar refractivity (Wildman–Crippen MR) is 78.4 cm³/mol. The van der Waals surface area contributed by atoms with Crippen LogP contribution in [0.25, 0.3) is 0 Å². The monoisotopic (exact) mass is 293 g/mol. The third-order valence-electron chi connectivity index (χ3n) is 3.74. The molecule has 2 unspecified atom stereocenters. The van der Waals surface area contributed by atoms with Gasteiger partial charge in [0.25, 0.3) is 5.69 Å². The van der Waals surface area contributed by atoms with E-state index in [2.05, 4.69) is 10.6 Å². The third-order valence-corrected chi connectivity index (χ3v) is 3.74. The number of ether oxygens (including phenoxy) is 1. The summed E-state index contributed by atoms with van der Waals surface area (Å²) < 4.78 is 5.20. The van der Waals surface area contributed by atoms with Gasteiger partial charge >= 0.3 is 0 Å². The summed E-state index contributed by atoms with van der Waals surface area (Å²) >= 11 is 0. The number of carbonyl (C=O) groups excluding carboxylic acids is 1. The highest BCUT2D eigenvalue weighted by Gasteiger charge is 2.29. The molecule has 1 saturated heterocycles. The minimum atomic E-state index is -0.445. The number of nitrogens with zero attached hydrogens (tertiary/aromatic N) is 1. The van der Waals surface area contributed by atoms with Crippen LogP contribution < -0.4 is 10.6 Å². The van der Waals surface area contributed by atoms with E-state index in [1.165, 1.54) is 6.07 Å². The average molecular weight is 293 g/mol. The van der Waals surface area contributed by atoms with Crippen LogP contribution in [0.3, 0.4) is 0 Å². The van der Waals surface area contributed by atoms with Crippen LogP contribution in [-0.4, -0.2) is 36.6 Å². The molecule has 0 spiro atoms. The van der Waals surface area contributed by atoms with Gasteiger partial charge in [-0.1, -0.05) is 0 Å². The summed E-state index contributed by atoms with van der Waals surface area (Å²) in [5.41, 5.74) is 1.85. The van der Waals surface area contributed by atoms with Crippen LogP contribution >= 0.6 is 0 Å². The van der Waals surface area contributed by atoms with Gasteiger partial charge in [-0.2, -0.15) is 0 Å². The van der Waals surface area contributed by atoms with E-state index < -0.39 is 4.92 Å². The van der Waals surface area contributed by atoms with Gasteiger partial charge < -0.3 is 15.4 Å². The molecular weight excluding hydrogens is 274 g/mol. The second-order valence-corrected chi connectivity index (χ2v) is 5.25. The first kappa shape index (κ1) is 15.4. The van der Waals surface area contributed by atoms with Crippen LogP contribution in [-0.2, 0) is 9.53 Å². The lowest BCUT2D eigenvalue weighted by Crippen LogP contribution is -2.35. The lowest BCUT2D eigenvalue weighted by molar-refractivity contribution is -0.385. The molecule has 21 heavy (non-hydrogen) atoms. The molecule has 1 heterocycles. The summed E-state index contributed by atoms with van der Waals surface area (Å²) in [6.45, 7) is 4.12. The first-order chi connectivity index (χ1) is 9.92. The molecule has 2 atom stereocenters. The number of anilines is 1. The Morgan fingerprint density at radius 2 is 2.14 bits per heavy atom. The molecule has 7 nitrogen and oxygen atoms in total. The molecule has 114 valence electrons. The van der Waals surface area contributed by atoms with Crippen molar-refractivity contribution in [3.8, 4) is 0 Å². The van der Waals surface area contributed by atoms with Crippen molar-refractivity contribution in [3.05, 3.63) is 33.4 Å². The number of methoxy groups -OCH3 is 1. The second-order valence-electron chi connectivity index (χ2n) is 5.25. The van der Waals surface area contributed by atoms with Crippen molar-refractivity contribution >= 4 is 17.3 Å². The summed E-state index contributed by atoms with van der Waals surface area (Å²) in [5, 5.41) is 16.8. The number of nitro groups is 1. The Morgan fingerprint density at radius 1 is 1.43 bits per heavy atom. The second kappa shape index (κ2) is 6.19. The fourth-order valence-corrected chi connectivity index (χ4v) is 2.47. The van der Waals surface area contributed by atoms with Gasteiger partial charge in [-0.05, 0) is 31.9 Å². The van der Waals surface area contributed by atoms with Crippen LogP contribution in [0.5, 0.6) is 0 Å². The molecule has 1 aromatic carbocycles. The minimum Gasteiger partial charge on any atom is -0.380 e. The van der Waals surface area contributed by atoms with E-state index >= 15 is 0 Å². The molecule has 1 amide bonds. The maximum atomic E-state index is 12.2. The Balaban J connectivity index is 2.14. The molecule has 2 N–H and O–H groups in total. The highest BCUT2D eigenvalue weighted by Crippen LogP contribution is 2.26. The molecular formula is C14H19N3O4. The maximum absolute atomic E-state index is 12.2. The summed E-state index contributed by atoms with van der Waals surface area (Å²) in [5.74, 6) is -0.198. The van der Waals surface area contributed by atoms with E-state index in [0.717, 1.165) is 5.56 Å². The molecule has 1 aliphatic heterocycles. The minimum absolute atomic E-state index is 0.00468. The number of benzene rings is 1. The Hall–Kier alpha value is -1.99. The molecule has 0 radical (unpaired) electrons.